The van der Waals surface area contributed by atoms with Crippen LogP contribution >= 0.6 is 0 Å². The summed E-state index contributed by atoms with van der Waals surface area (Å²) in [6.45, 7) is 3.39. The average Bonchev–Trinajstić information content (AvgIpc) is 2.61. The number of fused-ring (bicyclic) bond motifs is 1. The summed E-state index contributed by atoms with van der Waals surface area (Å²) >= 11 is 0. The summed E-state index contributed by atoms with van der Waals surface area (Å²) in [5.74, 6) is 3.61. The molecule has 2 aromatic carbocycles. The summed E-state index contributed by atoms with van der Waals surface area (Å²) in [6, 6.07) is 13.0. The van der Waals surface area contributed by atoms with Gasteiger partial charge in [0.05, 0.1) is 6.61 Å². The lowest BCUT2D eigenvalue weighted by Crippen LogP contribution is -2.63. The molecule has 4 aliphatic carbocycles. The van der Waals surface area contributed by atoms with Gasteiger partial charge in [-0.15, -0.1) is 0 Å². The van der Waals surface area contributed by atoms with Crippen LogP contribution in [0.4, 0.5) is 0 Å². The molecule has 1 heterocycles. The van der Waals surface area contributed by atoms with Crippen LogP contribution in [-0.4, -0.2) is 13.2 Å². The fraction of sp³-hybridized carbons (Fsp3) is 0.583. The van der Waals surface area contributed by atoms with Crippen LogP contribution in [0.2, 0.25) is 0 Å². The lowest BCUT2D eigenvalue weighted by molar-refractivity contribution is -0.513. The highest BCUT2D eigenvalue weighted by Gasteiger charge is 2.66. The average molecular weight is 364 g/mol. The summed E-state index contributed by atoms with van der Waals surface area (Å²) in [5, 5.41) is 2.53. The van der Waals surface area contributed by atoms with Crippen molar-refractivity contribution in [3.8, 4) is 5.75 Å². The van der Waals surface area contributed by atoms with Gasteiger partial charge in [-0.3, -0.25) is 0 Å². The van der Waals surface area contributed by atoms with Gasteiger partial charge in [-0.2, -0.15) is 0 Å². The Kier molecular flexibility index (Phi) is 3.47. The van der Waals surface area contributed by atoms with E-state index in [9.17, 15) is 0 Å². The molecule has 4 saturated carbocycles. The van der Waals surface area contributed by atoms with Gasteiger partial charge in [-0.05, 0) is 80.0 Å². The van der Waals surface area contributed by atoms with Crippen LogP contribution in [0.3, 0.4) is 0 Å². The highest BCUT2D eigenvalue weighted by molar-refractivity contribution is 5.89. The van der Waals surface area contributed by atoms with Crippen LogP contribution < -0.4 is 4.74 Å². The van der Waals surface area contributed by atoms with E-state index >= 15 is 0 Å². The van der Waals surface area contributed by atoms with Crippen molar-refractivity contribution in [3.63, 3.8) is 0 Å². The zero-order valence-corrected chi connectivity index (χ0v) is 16.1. The third-order valence-corrected chi connectivity index (χ3v) is 7.95. The van der Waals surface area contributed by atoms with Crippen LogP contribution in [0, 0.1) is 23.2 Å². The Labute approximate surface area is 160 Å². The van der Waals surface area contributed by atoms with Crippen molar-refractivity contribution in [2.75, 3.05) is 13.2 Å². The lowest BCUT2D eigenvalue weighted by Gasteiger charge is -2.64. The number of hydrogen-bond donors (Lipinski definition) is 0. The van der Waals surface area contributed by atoms with Crippen molar-refractivity contribution in [2.45, 2.75) is 51.0 Å². The van der Waals surface area contributed by atoms with Crippen LogP contribution in [0.1, 0.15) is 51.0 Å². The van der Waals surface area contributed by atoms with Crippen molar-refractivity contribution >= 4 is 10.8 Å². The molecule has 0 spiro atoms. The normalized spacial score (nSPS) is 39.5. The molecule has 27 heavy (non-hydrogen) atoms. The van der Waals surface area contributed by atoms with Crippen molar-refractivity contribution < 1.29 is 14.5 Å². The van der Waals surface area contributed by atoms with Crippen molar-refractivity contribution in [3.05, 3.63) is 42.0 Å². The first kappa shape index (κ1) is 16.4. The number of ether oxygens (including phenoxy) is 1. The topological polar surface area (TPSA) is 27.7 Å². The highest BCUT2D eigenvalue weighted by atomic mass is 17.2. The van der Waals surface area contributed by atoms with Crippen LogP contribution in [-0.2, 0) is 15.4 Å². The largest absolute Gasteiger partial charge is 0.493 e. The molecule has 0 N–H and O–H groups in total. The minimum absolute atomic E-state index is 0.204. The molecule has 0 radical (unpaired) electrons. The quantitative estimate of drug-likeness (QED) is 0.660. The van der Waals surface area contributed by atoms with Crippen LogP contribution in [0.25, 0.3) is 10.8 Å². The second-order valence-corrected chi connectivity index (χ2v) is 9.46. The monoisotopic (exact) mass is 364 g/mol. The third kappa shape index (κ3) is 2.16. The summed E-state index contributed by atoms with van der Waals surface area (Å²) in [5.41, 5.74) is 1.10. The molecular weight excluding hydrogens is 336 g/mol. The molecule has 5 aliphatic rings. The predicted molar refractivity (Wildman–Crippen MR) is 104 cm³/mol. The molecule has 0 aromatic heterocycles. The van der Waals surface area contributed by atoms with Crippen LogP contribution in [0.5, 0.6) is 5.75 Å². The Morgan fingerprint density at radius 3 is 2.22 bits per heavy atom. The molecule has 3 nitrogen and oxygen atoms in total. The van der Waals surface area contributed by atoms with E-state index < -0.39 is 0 Å². The molecule has 142 valence electrons. The van der Waals surface area contributed by atoms with E-state index in [2.05, 4.69) is 43.3 Å². The maximum atomic E-state index is 6.20. The molecule has 3 heteroatoms. The second kappa shape index (κ2) is 5.71. The molecular formula is C24H28O3. The minimum atomic E-state index is -0.353. The Balaban J connectivity index is 1.57. The summed E-state index contributed by atoms with van der Waals surface area (Å²) < 4.78 is 6.15. The molecule has 1 atom stereocenters. The number of rotatable bonds is 4. The van der Waals surface area contributed by atoms with Gasteiger partial charge in [0.1, 0.15) is 12.4 Å². The van der Waals surface area contributed by atoms with E-state index in [1.54, 1.807) is 0 Å². The molecule has 2 aromatic rings. The zero-order chi connectivity index (χ0) is 18.1. The summed E-state index contributed by atoms with van der Waals surface area (Å²) in [7, 11) is 0. The van der Waals surface area contributed by atoms with Gasteiger partial charge in [0.15, 0.2) is 5.60 Å². The van der Waals surface area contributed by atoms with Crippen molar-refractivity contribution in [2.24, 2.45) is 23.2 Å². The highest BCUT2D eigenvalue weighted by Crippen LogP contribution is 2.69. The SMILES string of the molecule is CCOc1ccc2ccccc2c1C1(C23CC4CC(CC(C4)C2)C3)COO1. The van der Waals surface area contributed by atoms with Gasteiger partial charge in [-0.25, -0.2) is 9.78 Å². The first-order chi connectivity index (χ1) is 13.2. The predicted octanol–water partition coefficient (Wildman–Crippen LogP) is 5.61. The standard InChI is InChI=1S/C24H28O3/c1-2-25-21-8-7-19-5-3-4-6-20(19)22(21)24(15-26-27-24)23-12-16-9-17(13-23)11-18(10-16)14-23/h3-8,16-18H,2,9-15H2,1H3. The maximum absolute atomic E-state index is 6.20. The Morgan fingerprint density at radius 1 is 0.963 bits per heavy atom. The Bertz CT molecular complexity index is 847. The lowest BCUT2D eigenvalue weighted by atomic mass is 9.44. The van der Waals surface area contributed by atoms with E-state index in [-0.39, 0.29) is 11.0 Å². The molecule has 4 bridgehead atoms. The number of benzene rings is 2. The Morgan fingerprint density at radius 2 is 1.63 bits per heavy atom. The zero-order valence-electron chi connectivity index (χ0n) is 16.1. The smallest absolute Gasteiger partial charge is 0.164 e. The summed E-state index contributed by atoms with van der Waals surface area (Å²) in [6.07, 6.45) is 8.17. The third-order valence-electron chi connectivity index (χ3n) is 7.95. The first-order valence-corrected chi connectivity index (χ1v) is 10.7. The van der Waals surface area contributed by atoms with E-state index in [0.29, 0.717) is 13.2 Å². The van der Waals surface area contributed by atoms with E-state index in [4.69, 9.17) is 14.5 Å². The fourth-order valence-corrected chi connectivity index (χ4v) is 7.35. The first-order valence-electron chi connectivity index (χ1n) is 10.7. The van der Waals surface area contributed by atoms with E-state index in [1.165, 1.54) is 54.9 Å². The maximum Gasteiger partial charge on any atom is 0.164 e. The molecule has 7 rings (SSSR count). The molecule has 1 aliphatic heterocycles. The second-order valence-electron chi connectivity index (χ2n) is 9.46. The van der Waals surface area contributed by atoms with E-state index in [1.807, 2.05) is 0 Å². The molecule has 0 amide bonds. The minimum Gasteiger partial charge on any atom is -0.493 e. The molecule has 1 saturated heterocycles. The molecule has 5 fully saturated rings. The summed E-state index contributed by atoms with van der Waals surface area (Å²) in [4.78, 5) is 11.7. The van der Waals surface area contributed by atoms with Gasteiger partial charge in [-0.1, -0.05) is 30.3 Å². The van der Waals surface area contributed by atoms with Crippen molar-refractivity contribution in [1.82, 2.24) is 0 Å². The van der Waals surface area contributed by atoms with E-state index in [0.717, 1.165) is 23.5 Å². The van der Waals surface area contributed by atoms with Crippen LogP contribution in [0.15, 0.2) is 36.4 Å². The van der Waals surface area contributed by atoms with Gasteiger partial charge in [0, 0.05) is 11.0 Å². The van der Waals surface area contributed by atoms with Crippen molar-refractivity contribution in [1.29, 1.82) is 0 Å². The van der Waals surface area contributed by atoms with Gasteiger partial charge in [0.2, 0.25) is 0 Å². The van der Waals surface area contributed by atoms with Gasteiger partial charge in [0.25, 0.3) is 0 Å². The van der Waals surface area contributed by atoms with Gasteiger partial charge >= 0.3 is 0 Å². The van der Waals surface area contributed by atoms with Gasteiger partial charge < -0.3 is 4.74 Å². The molecule has 1 unspecified atom stereocenters. The number of hydrogen-bond acceptors (Lipinski definition) is 3. The Hall–Kier alpha value is -1.58. The fourth-order valence-electron chi connectivity index (χ4n) is 7.35.